The molecule has 0 aromatic rings. The summed E-state index contributed by atoms with van der Waals surface area (Å²) in [6, 6.07) is 0. The summed E-state index contributed by atoms with van der Waals surface area (Å²) in [6.07, 6.45) is 5.82. The summed E-state index contributed by atoms with van der Waals surface area (Å²) in [5.41, 5.74) is 3.34. The van der Waals surface area contributed by atoms with Gasteiger partial charge in [-0.1, -0.05) is 35.3 Å². The van der Waals surface area contributed by atoms with E-state index >= 15 is 0 Å². The molecular weight excluding hydrogens is 318 g/mol. The lowest BCUT2D eigenvalue weighted by atomic mass is 9.79. The van der Waals surface area contributed by atoms with Crippen molar-refractivity contribution in [3.63, 3.8) is 0 Å². The number of hydrogen-bond acceptors (Lipinski definition) is 5. The van der Waals surface area contributed by atoms with Crippen LogP contribution in [0.25, 0.3) is 0 Å². The van der Waals surface area contributed by atoms with Crippen LogP contribution in [0.4, 0.5) is 0 Å². The number of aliphatic hydroxyl groups is 1. The highest BCUT2D eigenvalue weighted by Gasteiger charge is 2.32. The predicted molar refractivity (Wildman–Crippen MR) is 89.6 cm³/mol. The summed E-state index contributed by atoms with van der Waals surface area (Å²) in [7, 11) is 0. The van der Waals surface area contributed by atoms with Crippen molar-refractivity contribution in [1.29, 1.82) is 0 Å². The van der Waals surface area contributed by atoms with Crippen LogP contribution >= 0.6 is 11.6 Å². The smallest absolute Gasteiger partial charge is 0.168 e. The van der Waals surface area contributed by atoms with Gasteiger partial charge in [-0.25, -0.2) is 0 Å². The number of ketones is 1. The number of allylic oxidation sites excluding steroid dienone is 2. The van der Waals surface area contributed by atoms with Crippen LogP contribution in [-0.2, 0) is 14.4 Å². The summed E-state index contributed by atoms with van der Waals surface area (Å²) in [5, 5.41) is 14.3. The van der Waals surface area contributed by atoms with Gasteiger partial charge >= 0.3 is 0 Å². The number of ether oxygens (including phenoxy) is 1. The highest BCUT2D eigenvalue weighted by Crippen LogP contribution is 2.34. The lowest BCUT2D eigenvalue weighted by molar-refractivity contribution is -0.116. The molecule has 2 rings (SSSR count). The Balaban J connectivity index is 2.14. The van der Waals surface area contributed by atoms with Gasteiger partial charge in [-0.2, -0.15) is 0 Å². The van der Waals surface area contributed by atoms with Gasteiger partial charge in [0.25, 0.3) is 0 Å². The van der Waals surface area contributed by atoms with Crippen LogP contribution in [0.2, 0.25) is 0 Å². The fourth-order valence-corrected chi connectivity index (χ4v) is 2.95. The zero-order chi connectivity index (χ0) is 16.7. The number of nitrogens with zero attached hydrogens (tertiary/aromatic N) is 1. The maximum absolute atomic E-state index is 12.5. The van der Waals surface area contributed by atoms with Gasteiger partial charge in [-0.3, -0.25) is 4.79 Å². The van der Waals surface area contributed by atoms with Crippen LogP contribution in [0, 0.1) is 5.92 Å². The normalized spacial score (nSPS) is 23.4. The van der Waals surface area contributed by atoms with Gasteiger partial charge in [-0.05, 0) is 24.8 Å². The quantitative estimate of drug-likeness (QED) is 0.347. The Labute approximate surface area is 141 Å². The standard InChI is InChI=1S/C17H22ClNO4/c1-2-14(19-23-7-3-6-18)17-15(20)10-13(11-16(17)21)12-4-8-22-9-5-12/h3-4,6,13,20H,2,5,7-11H2,1H3/b6-3+,19-14?. The minimum atomic E-state index is -0.0803. The number of aliphatic hydroxyl groups excluding tert-OH is 1. The third-order valence-corrected chi connectivity index (χ3v) is 4.20. The van der Waals surface area contributed by atoms with Gasteiger partial charge < -0.3 is 14.7 Å². The molecule has 0 saturated heterocycles. The second kappa shape index (κ2) is 8.89. The molecule has 0 amide bonds. The van der Waals surface area contributed by atoms with E-state index in [9.17, 15) is 9.90 Å². The molecule has 0 spiro atoms. The first-order valence-corrected chi connectivity index (χ1v) is 8.27. The fraction of sp³-hybridized carbons (Fsp3) is 0.529. The maximum Gasteiger partial charge on any atom is 0.168 e. The van der Waals surface area contributed by atoms with Crippen LogP contribution in [0.15, 0.2) is 39.7 Å². The minimum Gasteiger partial charge on any atom is -0.511 e. The lowest BCUT2D eigenvalue weighted by Crippen LogP contribution is -2.26. The average molecular weight is 340 g/mol. The Bertz CT molecular complexity index is 563. The predicted octanol–water partition coefficient (Wildman–Crippen LogP) is 3.66. The van der Waals surface area contributed by atoms with Crippen LogP contribution in [0.1, 0.15) is 32.6 Å². The van der Waals surface area contributed by atoms with Crippen LogP contribution in [-0.4, -0.2) is 36.4 Å². The van der Waals surface area contributed by atoms with Gasteiger partial charge in [0, 0.05) is 18.4 Å². The van der Waals surface area contributed by atoms with Gasteiger partial charge in [0.15, 0.2) is 5.78 Å². The molecule has 1 N–H and O–H groups in total. The summed E-state index contributed by atoms with van der Waals surface area (Å²) < 4.78 is 5.30. The van der Waals surface area contributed by atoms with Gasteiger partial charge in [-0.15, -0.1) is 0 Å². The largest absolute Gasteiger partial charge is 0.511 e. The van der Waals surface area contributed by atoms with E-state index in [-0.39, 0.29) is 24.1 Å². The van der Waals surface area contributed by atoms with Crippen molar-refractivity contribution < 1.29 is 19.5 Å². The molecule has 1 heterocycles. The van der Waals surface area contributed by atoms with E-state index in [0.29, 0.717) is 43.8 Å². The third-order valence-electron chi connectivity index (χ3n) is 4.02. The molecule has 1 aliphatic carbocycles. The molecule has 0 saturated carbocycles. The van der Waals surface area contributed by atoms with Crippen molar-refractivity contribution in [2.45, 2.75) is 32.6 Å². The van der Waals surface area contributed by atoms with Gasteiger partial charge in [0.1, 0.15) is 12.4 Å². The second-order valence-electron chi connectivity index (χ2n) is 5.50. The molecule has 126 valence electrons. The van der Waals surface area contributed by atoms with E-state index < -0.39 is 0 Å². The highest BCUT2D eigenvalue weighted by molar-refractivity contribution is 6.25. The summed E-state index contributed by atoms with van der Waals surface area (Å²) in [5.74, 6) is 0.0901. The Hall–Kier alpha value is -1.59. The van der Waals surface area contributed by atoms with Crippen LogP contribution in [0.5, 0.6) is 0 Å². The number of carbonyl (C=O) groups is 1. The van der Waals surface area contributed by atoms with E-state index in [0.717, 1.165) is 6.42 Å². The maximum atomic E-state index is 12.5. The Morgan fingerprint density at radius 2 is 2.39 bits per heavy atom. The molecule has 23 heavy (non-hydrogen) atoms. The Morgan fingerprint density at radius 1 is 1.57 bits per heavy atom. The van der Waals surface area contributed by atoms with E-state index in [1.807, 2.05) is 13.0 Å². The molecular formula is C17H22ClNO4. The molecule has 0 radical (unpaired) electrons. The molecule has 0 bridgehead atoms. The minimum absolute atomic E-state index is 0.0633. The SMILES string of the molecule is CCC(=NOC/C=C/Cl)C1=C(O)CC(C2=CCOCC2)CC1=O. The molecule has 0 fully saturated rings. The second-order valence-corrected chi connectivity index (χ2v) is 5.75. The Morgan fingerprint density at radius 3 is 3.00 bits per heavy atom. The van der Waals surface area contributed by atoms with E-state index in [4.69, 9.17) is 21.2 Å². The van der Waals surface area contributed by atoms with Crippen molar-refractivity contribution in [2.75, 3.05) is 19.8 Å². The van der Waals surface area contributed by atoms with Crippen molar-refractivity contribution in [3.05, 3.63) is 34.6 Å². The van der Waals surface area contributed by atoms with Crippen molar-refractivity contribution in [1.82, 2.24) is 0 Å². The summed E-state index contributed by atoms with van der Waals surface area (Å²) in [4.78, 5) is 17.6. The number of carbonyl (C=O) groups excluding carboxylic acids is 1. The number of rotatable bonds is 6. The monoisotopic (exact) mass is 339 g/mol. The van der Waals surface area contributed by atoms with Crippen molar-refractivity contribution in [2.24, 2.45) is 11.1 Å². The molecule has 5 nitrogen and oxygen atoms in total. The van der Waals surface area contributed by atoms with Gasteiger partial charge in [0.2, 0.25) is 0 Å². The van der Waals surface area contributed by atoms with Gasteiger partial charge in [0.05, 0.1) is 24.5 Å². The van der Waals surface area contributed by atoms with Crippen LogP contribution < -0.4 is 0 Å². The van der Waals surface area contributed by atoms with E-state index in [2.05, 4.69) is 5.16 Å². The first kappa shape index (κ1) is 17.8. The first-order chi connectivity index (χ1) is 11.2. The number of halogens is 1. The highest BCUT2D eigenvalue weighted by atomic mass is 35.5. The number of hydrogen-bond donors (Lipinski definition) is 1. The molecule has 2 aliphatic rings. The number of oxime groups is 1. The number of Topliss-reactive ketones (excluding diaryl/α,β-unsaturated/α-hetero) is 1. The van der Waals surface area contributed by atoms with Crippen LogP contribution in [0.3, 0.4) is 0 Å². The Kier molecular flexibility index (Phi) is 6.86. The first-order valence-electron chi connectivity index (χ1n) is 7.83. The molecule has 1 atom stereocenters. The summed E-state index contributed by atoms with van der Waals surface area (Å²) in [6.45, 7) is 3.36. The van der Waals surface area contributed by atoms with Crippen molar-refractivity contribution >= 4 is 23.1 Å². The molecule has 1 aliphatic heterocycles. The van der Waals surface area contributed by atoms with Crippen molar-refractivity contribution in [3.8, 4) is 0 Å². The molecule has 1 unspecified atom stereocenters. The molecule has 0 aromatic carbocycles. The van der Waals surface area contributed by atoms with E-state index in [1.165, 1.54) is 11.1 Å². The topological polar surface area (TPSA) is 68.1 Å². The molecule has 6 heteroatoms. The fourth-order valence-electron chi connectivity index (χ4n) is 2.88. The van der Waals surface area contributed by atoms with E-state index in [1.54, 1.807) is 6.08 Å². The molecule has 0 aromatic heterocycles. The lowest BCUT2D eigenvalue weighted by Gasteiger charge is -2.27. The zero-order valence-corrected chi connectivity index (χ0v) is 14.0. The summed E-state index contributed by atoms with van der Waals surface area (Å²) >= 11 is 5.41. The third kappa shape index (κ3) is 4.69. The zero-order valence-electron chi connectivity index (χ0n) is 13.3. The average Bonchev–Trinajstić information content (AvgIpc) is 2.57.